The highest BCUT2D eigenvalue weighted by atomic mass is 32.1. The van der Waals surface area contributed by atoms with Crippen LogP contribution in [-0.2, 0) is 28.1 Å². The van der Waals surface area contributed by atoms with E-state index >= 15 is 0 Å². The number of aliphatic hydroxyl groups is 1. The molecule has 1 heterocycles. The van der Waals surface area contributed by atoms with E-state index in [2.05, 4.69) is 6.07 Å². The first kappa shape index (κ1) is 24.8. The van der Waals surface area contributed by atoms with Gasteiger partial charge in [0.05, 0.1) is 24.3 Å². The van der Waals surface area contributed by atoms with Crippen LogP contribution >= 0.6 is 20.0 Å². The fourth-order valence-electron chi connectivity index (χ4n) is 2.93. The Labute approximate surface area is 179 Å². The van der Waals surface area contributed by atoms with E-state index in [0.717, 1.165) is 18.1 Å². The summed E-state index contributed by atoms with van der Waals surface area (Å²) in [6.07, 6.45) is -2.83. The van der Waals surface area contributed by atoms with Crippen LogP contribution < -0.4 is 10.5 Å². The first-order valence-electron chi connectivity index (χ1n) is 9.42. The molecule has 0 aliphatic carbocycles. The largest absolute Gasteiger partial charge is 0.494 e. The molecule has 0 fully saturated rings. The number of thiophene rings is 1. The summed E-state index contributed by atoms with van der Waals surface area (Å²) in [5.41, 5.74) is 5.52. The van der Waals surface area contributed by atoms with Gasteiger partial charge >= 0.3 is 14.9 Å². The van der Waals surface area contributed by atoms with E-state index in [0.29, 0.717) is 12.0 Å². The Morgan fingerprint density at radius 2 is 1.97 bits per heavy atom. The van der Waals surface area contributed by atoms with Crippen molar-refractivity contribution < 1.29 is 32.1 Å². The summed E-state index contributed by atoms with van der Waals surface area (Å²) >= 11 is 1.64. The number of benzene rings is 1. The molecule has 0 aliphatic rings. The molecule has 0 amide bonds. The zero-order valence-electron chi connectivity index (χ0n) is 16.6. The Bertz CT molecular complexity index is 831. The molecule has 0 bridgehead atoms. The first-order valence-corrected chi connectivity index (χ1v) is 11.1. The third kappa shape index (κ3) is 7.63. The van der Waals surface area contributed by atoms with Gasteiger partial charge in [-0.3, -0.25) is 0 Å². The van der Waals surface area contributed by atoms with Gasteiger partial charge in [-0.1, -0.05) is 6.07 Å². The van der Waals surface area contributed by atoms with Crippen molar-refractivity contribution in [2.24, 2.45) is 5.73 Å². The summed E-state index contributed by atoms with van der Waals surface area (Å²) in [5.74, 6) is -0.204. The summed E-state index contributed by atoms with van der Waals surface area (Å²) in [7, 11) is -1.02. The normalized spacial score (nSPS) is 14.1. The topological polar surface area (TPSA) is 81.8 Å². The molecule has 2 rings (SSSR count). The van der Waals surface area contributed by atoms with Crippen LogP contribution in [0.15, 0.2) is 29.6 Å². The molecule has 30 heavy (non-hydrogen) atoms. The van der Waals surface area contributed by atoms with Gasteiger partial charge in [-0.25, -0.2) is 0 Å². The summed E-state index contributed by atoms with van der Waals surface area (Å²) in [6.45, 7) is 1.60. The number of nitrogens with two attached hydrogens (primary N) is 1. The minimum absolute atomic E-state index is 0.150. The highest BCUT2D eigenvalue weighted by molar-refractivity contribution is 7.17. The third-order valence-corrected chi connectivity index (χ3v) is 5.82. The highest BCUT2D eigenvalue weighted by Crippen LogP contribution is 2.37. The Morgan fingerprint density at radius 1 is 1.20 bits per heavy atom. The lowest BCUT2D eigenvalue weighted by Crippen LogP contribution is -2.47. The smallest absolute Gasteiger partial charge is 0.493 e. The molecule has 0 saturated carbocycles. The summed E-state index contributed by atoms with van der Waals surface area (Å²) < 4.78 is 61.2. The number of hydrogen-bond donors (Lipinski definition) is 2. The second-order valence-corrected chi connectivity index (χ2v) is 8.81. The molecule has 2 unspecified atom stereocenters. The Balaban J connectivity index is 2.00. The minimum atomic E-state index is -4.56. The molecule has 1 aromatic carbocycles. The van der Waals surface area contributed by atoms with Crippen molar-refractivity contribution in [1.29, 1.82) is 0 Å². The molecule has 1 aromatic heterocycles. The number of halogens is 3. The van der Waals surface area contributed by atoms with Crippen LogP contribution in [0.5, 0.6) is 5.75 Å². The number of aliphatic hydroxyl groups excluding tert-OH is 1. The van der Waals surface area contributed by atoms with E-state index in [4.69, 9.17) is 15.0 Å². The predicted octanol–water partition coefficient (Wildman–Crippen LogP) is 4.66. The molecule has 10 heteroatoms. The second-order valence-electron chi connectivity index (χ2n) is 7.24. The fraction of sp³-hybridized carbons (Fsp3) is 0.500. The molecule has 3 N–H and O–H groups in total. The summed E-state index contributed by atoms with van der Waals surface area (Å²) in [6, 6.07) is 5.99. The molecular weight excluding hydrogens is 438 g/mol. The van der Waals surface area contributed by atoms with Crippen LogP contribution in [0.1, 0.15) is 34.4 Å². The molecule has 2 aromatic rings. The Morgan fingerprint density at radius 3 is 2.57 bits per heavy atom. The van der Waals surface area contributed by atoms with Gasteiger partial charge in [0, 0.05) is 4.88 Å². The molecule has 0 saturated heterocycles. The fourth-order valence-corrected chi connectivity index (χ4v) is 4.02. The van der Waals surface area contributed by atoms with Crippen molar-refractivity contribution in [2.75, 3.05) is 19.8 Å². The van der Waals surface area contributed by atoms with Crippen molar-refractivity contribution in [3.63, 3.8) is 0 Å². The van der Waals surface area contributed by atoms with Crippen molar-refractivity contribution in [2.45, 2.75) is 44.3 Å². The van der Waals surface area contributed by atoms with Gasteiger partial charge in [-0.2, -0.15) is 13.2 Å². The number of ether oxygens (including phenoxy) is 1. The number of rotatable bonds is 12. The van der Waals surface area contributed by atoms with Gasteiger partial charge < -0.3 is 15.6 Å². The van der Waals surface area contributed by atoms with Gasteiger partial charge in [0.1, 0.15) is 12.4 Å². The number of hydrogen-bond acceptors (Lipinski definition) is 6. The van der Waals surface area contributed by atoms with Crippen molar-refractivity contribution in [1.82, 2.24) is 0 Å². The monoisotopic (exact) mass is 464 g/mol. The number of alkyl halides is 3. The summed E-state index contributed by atoms with van der Waals surface area (Å²) in [4.78, 5) is 1.20. The van der Waals surface area contributed by atoms with Gasteiger partial charge in [-0.05, 0) is 71.9 Å². The van der Waals surface area contributed by atoms with Crippen molar-refractivity contribution >= 4 is 20.0 Å². The molecule has 166 valence electrons. The lowest BCUT2D eigenvalue weighted by molar-refractivity contribution is -0.139. The van der Waals surface area contributed by atoms with Crippen LogP contribution in [0.3, 0.4) is 0 Å². The molecule has 2 atom stereocenters. The van der Waals surface area contributed by atoms with E-state index in [1.807, 2.05) is 12.3 Å². The number of aryl methyl sites for hydroxylation is 3. The molecule has 0 spiro atoms. The first-order chi connectivity index (χ1) is 14.2. The lowest BCUT2D eigenvalue weighted by Gasteiger charge is -2.24. The van der Waals surface area contributed by atoms with Gasteiger partial charge in [0.15, 0.2) is 0 Å². The van der Waals surface area contributed by atoms with E-state index in [1.54, 1.807) is 17.4 Å². The van der Waals surface area contributed by atoms with E-state index in [1.165, 1.54) is 10.9 Å². The Hall–Kier alpha value is -1.51. The predicted molar refractivity (Wildman–Crippen MR) is 112 cm³/mol. The van der Waals surface area contributed by atoms with E-state index in [9.17, 15) is 22.8 Å². The minimum Gasteiger partial charge on any atom is -0.493 e. The zero-order chi connectivity index (χ0) is 22.2. The van der Waals surface area contributed by atoms with Crippen molar-refractivity contribution in [3.05, 3.63) is 51.2 Å². The SMILES string of the molecule is Cc1cc(CCCOc2ccc(CCC(N)(CO)CO[PH+]=O)cc2C(F)(F)F)cs1. The quantitative estimate of drug-likeness (QED) is 0.353. The summed E-state index contributed by atoms with van der Waals surface area (Å²) in [5, 5.41) is 11.5. The Kier molecular flexibility index (Phi) is 9.25. The second kappa shape index (κ2) is 11.2. The van der Waals surface area contributed by atoms with Crippen LogP contribution in [0.4, 0.5) is 13.2 Å². The van der Waals surface area contributed by atoms with E-state index < -0.39 is 32.6 Å². The van der Waals surface area contributed by atoms with E-state index in [-0.39, 0.29) is 31.8 Å². The zero-order valence-corrected chi connectivity index (χ0v) is 18.4. The van der Waals surface area contributed by atoms with Crippen LogP contribution in [0.2, 0.25) is 0 Å². The molecular formula is C20H26F3NO4PS+. The average molecular weight is 464 g/mol. The average Bonchev–Trinajstić information content (AvgIpc) is 3.13. The molecule has 0 aliphatic heterocycles. The lowest BCUT2D eigenvalue weighted by atomic mass is 9.93. The maximum Gasteiger partial charge on any atom is 0.494 e. The van der Waals surface area contributed by atoms with Gasteiger partial charge in [-0.15, -0.1) is 15.9 Å². The third-order valence-electron chi connectivity index (χ3n) is 4.65. The van der Waals surface area contributed by atoms with Crippen LogP contribution in [0.25, 0.3) is 0 Å². The maximum absolute atomic E-state index is 13.5. The van der Waals surface area contributed by atoms with Crippen LogP contribution in [0, 0.1) is 6.92 Å². The molecule has 0 radical (unpaired) electrons. The maximum atomic E-state index is 13.5. The van der Waals surface area contributed by atoms with Gasteiger partial charge in [0.25, 0.3) is 0 Å². The van der Waals surface area contributed by atoms with Crippen molar-refractivity contribution in [3.8, 4) is 5.75 Å². The highest BCUT2D eigenvalue weighted by Gasteiger charge is 2.35. The van der Waals surface area contributed by atoms with Crippen LogP contribution in [-0.4, -0.2) is 30.5 Å². The standard InChI is InChI=1S/C20H26F3NO4PS/c1-14-9-16(11-30-14)3-2-8-27-18-5-4-15(10-17(18)20(21,22)23)6-7-19(24,12-25)13-28-29-26/h4-5,9-11,25,29H,2-3,6-8,12-13,24H2,1H3/q+1. The van der Waals surface area contributed by atoms with Gasteiger partial charge in [0.2, 0.25) is 0 Å². The molecule has 5 nitrogen and oxygen atoms in total.